The molecule has 0 saturated heterocycles. The molecule has 0 unspecified atom stereocenters. The highest BCUT2D eigenvalue weighted by molar-refractivity contribution is 5.80. The molecule has 4 rings (SSSR count). The molecule has 0 amide bonds. The van der Waals surface area contributed by atoms with E-state index in [1.807, 2.05) is 36.4 Å². The maximum atomic E-state index is 10.7. The molecule has 0 bridgehead atoms. The van der Waals surface area contributed by atoms with Crippen LogP contribution in [0.4, 0.5) is 5.69 Å². The Morgan fingerprint density at radius 1 is 1.04 bits per heavy atom. The van der Waals surface area contributed by atoms with Crippen molar-refractivity contribution in [2.24, 2.45) is 0 Å². The number of aryl methyl sites for hydroxylation is 1. The minimum atomic E-state index is -0.414. The van der Waals surface area contributed by atoms with Crippen molar-refractivity contribution in [1.82, 2.24) is 9.97 Å². The maximum absolute atomic E-state index is 10.7. The van der Waals surface area contributed by atoms with E-state index in [1.54, 1.807) is 12.1 Å². The number of benzene rings is 3. The Kier molecular flexibility index (Phi) is 4.30. The largest absolute Gasteiger partial charge is 0.489 e. The lowest BCUT2D eigenvalue weighted by Gasteiger charge is -2.07. The molecule has 0 spiro atoms. The monoisotopic (exact) mass is 359 g/mol. The van der Waals surface area contributed by atoms with Gasteiger partial charge >= 0.3 is 0 Å². The molecule has 6 nitrogen and oxygen atoms in total. The Labute approximate surface area is 155 Å². The molecular weight excluding hydrogens is 342 g/mol. The number of rotatable bonds is 5. The van der Waals surface area contributed by atoms with Crippen molar-refractivity contribution in [3.63, 3.8) is 0 Å². The van der Waals surface area contributed by atoms with E-state index in [2.05, 4.69) is 23.0 Å². The molecule has 1 N–H and O–H groups in total. The van der Waals surface area contributed by atoms with E-state index in [9.17, 15) is 10.1 Å². The van der Waals surface area contributed by atoms with Crippen molar-refractivity contribution in [3.05, 3.63) is 88.0 Å². The van der Waals surface area contributed by atoms with Gasteiger partial charge in [0.1, 0.15) is 18.2 Å². The maximum Gasteiger partial charge on any atom is 0.269 e. The number of nitrogens with one attached hydrogen (secondary N) is 1. The van der Waals surface area contributed by atoms with Crippen LogP contribution in [-0.2, 0) is 6.61 Å². The number of aromatic amines is 1. The second kappa shape index (κ2) is 6.92. The van der Waals surface area contributed by atoms with E-state index >= 15 is 0 Å². The summed E-state index contributed by atoms with van der Waals surface area (Å²) < 4.78 is 5.76. The third kappa shape index (κ3) is 3.64. The smallest absolute Gasteiger partial charge is 0.269 e. The number of ether oxygens (including phenoxy) is 1. The summed E-state index contributed by atoms with van der Waals surface area (Å²) >= 11 is 0. The number of aromatic nitrogens is 2. The molecule has 0 radical (unpaired) electrons. The predicted molar refractivity (Wildman–Crippen MR) is 104 cm³/mol. The number of non-ortho nitro benzene ring substituents is 1. The Bertz CT molecular complexity index is 1100. The van der Waals surface area contributed by atoms with E-state index in [1.165, 1.54) is 17.7 Å². The summed E-state index contributed by atoms with van der Waals surface area (Å²) in [7, 11) is 0. The van der Waals surface area contributed by atoms with Gasteiger partial charge in [-0.05, 0) is 66.6 Å². The van der Waals surface area contributed by atoms with Crippen LogP contribution in [0.1, 0.15) is 11.1 Å². The molecule has 6 heteroatoms. The van der Waals surface area contributed by atoms with E-state index < -0.39 is 4.92 Å². The van der Waals surface area contributed by atoms with Gasteiger partial charge in [0.15, 0.2) is 0 Å². The second-order valence-corrected chi connectivity index (χ2v) is 6.34. The van der Waals surface area contributed by atoms with E-state index in [4.69, 9.17) is 4.74 Å². The van der Waals surface area contributed by atoms with Crippen LogP contribution in [-0.4, -0.2) is 14.9 Å². The zero-order valence-corrected chi connectivity index (χ0v) is 14.7. The Morgan fingerprint density at radius 2 is 1.78 bits per heavy atom. The van der Waals surface area contributed by atoms with Gasteiger partial charge in [-0.1, -0.05) is 6.07 Å². The fourth-order valence-corrected chi connectivity index (χ4v) is 2.85. The van der Waals surface area contributed by atoms with E-state index in [0.717, 1.165) is 33.7 Å². The van der Waals surface area contributed by atoms with Gasteiger partial charge in [0, 0.05) is 17.7 Å². The van der Waals surface area contributed by atoms with Crippen LogP contribution in [0.3, 0.4) is 0 Å². The topological polar surface area (TPSA) is 81.1 Å². The first-order valence-corrected chi connectivity index (χ1v) is 8.51. The molecule has 0 fully saturated rings. The van der Waals surface area contributed by atoms with Crippen molar-refractivity contribution in [1.29, 1.82) is 0 Å². The number of H-pyrrole nitrogens is 1. The predicted octanol–water partition coefficient (Wildman–Crippen LogP) is 5.03. The van der Waals surface area contributed by atoms with Gasteiger partial charge in [-0.25, -0.2) is 4.98 Å². The Morgan fingerprint density at radius 3 is 2.48 bits per heavy atom. The highest BCUT2D eigenvalue weighted by Crippen LogP contribution is 2.24. The minimum absolute atomic E-state index is 0.0733. The molecule has 1 heterocycles. The normalized spacial score (nSPS) is 10.9. The van der Waals surface area contributed by atoms with Crippen molar-refractivity contribution in [2.45, 2.75) is 13.5 Å². The summed E-state index contributed by atoms with van der Waals surface area (Å²) in [4.78, 5) is 18.2. The van der Waals surface area contributed by atoms with Crippen LogP contribution >= 0.6 is 0 Å². The SMILES string of the molecule is Cc1ccc2nc(-c3ccc(OCc4ccc([N+](=O)[O-])cc4)cc3)[nH]c2c1. The van der Waals surface area contributed by atoms with Crippen molar-refractivity contribution in [2.75, 3.05) is 0 Å². The molecule has 0 aliphatic carbocycles. The summed E-state index contributed by atoms with van der Waals surface area (Å²) in [5.74, 6) is 1.54. The quantitative estimate of drug-likeness (QED) is 0.400. The lowest BCUT2D eigenvalue weighted by molar-refractivity contribution is -0.384. The van der Waals surface area contributed by atoms with Gasteiger partial charge in [0.2, 0.25) is 0 Å². The average Bonchev–Trinajstić information content (AvgIpc) is 3.10. The van der Waals surface area contributed by atoms with Gasteiger partial charge in [-0.2, -0.15) is 0 Å². The summed E-state index contributed by atoms with van der Waals surface area (Å²) in [6.07, 6.45) is 0. The first-order chi connectivity index (χ1) is 13.1. The molecule has 0 aliphatic heterocycles. The summed E-state index contributed by atoms with van der Waals surface area (Å²) in [5.41, 5.74) is 5.07. The third-order valence-electron chi connectivity index (χ3n) is 4.32. The van der Waals surface area contributed by atoms with Gasteiger partial charge in [0.25, 0.3) is 5.69 Å². The summed E-state index contributed by atoms with van der Waals surface area (Å²) in [6.45, 7) is 2.40. The van der Waals surface area contributed by atoms with Gasteiger partial charge in [0.05, 0.1) is 16.0 Å². The first-order valence-electron chi connectivity index (χ1n) is 8.51. The standard InChI is InChI=1S/C21H17N3O3/c1-14-2-11-19-20(12-14)23-21(22-19)16-5-9-18(10-6-16)27-13-15-3-7-17(8-4-15)24(25)26/h2-12H,13H2,1H3,(H,22,23). The second-order valence-electron chi connectivity index (χ2n) is 6.34. The molecule has 134 valence electrons. The van der Waals surface area contributed by atoms with E-state index in [0.29, 0.717) is 6.61 Å². The highest BCUT2D eigenvalue weighted by atomic mass is 16.6. The van der Waals surface area contributed by atoms with Crippen molar-refractivity contribution >= 4 is 16.7 Å². The van der Waals surface area contributed by atoms with Gasteiger partial charge in [-0.15, -0.1) is 0 Å². The molecule has 4 aromatic rings. The number of hydrogen-bond donors (Lipinski definition) is 1. The highest BCUT2D eigenvalue weighted by Gasteiger charge is 2.07. The summed E-state index contributed by atoms with van der Waals surface area (Å²) in [6, 6.07) is 20.2. The number of nitro benzene ring substituents is 1. The lowest BCUT2D eigenvalue weighted by Crippen LogP contribution is -1.96. The Balaban J connectivity index is 1.45. The minimum Gasteiger partial charge on any atom is -0.489 e. The number of nitro groups is 1. The molecule has 3 aromatic carbocycles. The molecule has 0 aliphatic rings. The Hall–Kier alpha value is -3.67. The average molecular weight is 359 g/mol. The fraction of sp³-hybridized carbons (Fsp3) is 0.0952. The fourth-order valence-electron chi connectivity index (χ4n) is 2.85. The van der Waals surface area contributed by atoms with Crippen LogP contribution in [0.2, 0.25) is 0 Å². The molecular formula is C21H17N3O3. The van der Waals surface area contributed by atoms with Gasteiger partial charge < -0.3 is 9.72 Å². The number of imidazole rings is 1. The van der Waals surface area contributed by atoms with E-state index in [-0.39, 0.29) is 5.69 Å². The molecule has 0 atom stereocenters. The van der Waals surface area contributed by atoms with Crippen LogP contribution in [0.25, 0.3) is 22.4 Å². The zero-order valence-electron chi connectivity index (χ0n) is 14.7. The zero-order chi connectivity index (χ0) is 18.8. The summed E-state index contributed by atoms with van der Waals surface area (Å²) in [5, 5.41) is 10.7. The van der Waals surface area contributed by atoms with Crippen LogP contribution in [0.5, 0.6) is 5.75 Å². The van der Waals surface area contributed by atoms with Crippen LogP contribution in [0.15, 0.2) is 66.7 Å². The van der Waals surface area contributed by atoms with Crippen LogP contribution in [0, 0.1) is 17.0 Å². The van der Waals surface area contributed by atoms with Crippen molar-refractivity contribution < 1.29 is 9.66 Å². The van der Waals surface area contributed by atoms with Crippen molar-refractivity contribution in [3.8, 4) is 17.1 Å². The first kappa shape index (κ1) is 16.8. The van der Waals surface area contributed by atoms with Gasteiger partial charge in [-0.3, -0.25) is 10.1 Å². The lowest BCUT2D eigenvalue weighted by atomic mass is 10.2. The third-order valence-corrected chi connectivity index (χ3v) is 4.32. The molecule has 1 aromatic heterocycles. The number of nitrogens with zero attached hydrogens (tertiary/aromatic N) is 2. The number of hydrogen-bond acceptors (Lipinski definition) is 4. The molecule has 0 saturated carbocycles. The number of fused-ring (bicyclic) bond motifs is 1. The van der Waals surface area contributed by atoms with Crippen LogP contribution < -0.4 is 4.74 Å². The molecule has 27 heavy (non-hydrogen) atoms.